The summed E-state index contributed by atoms with van der Waals surface area (Å²) in [5.74, 6) is 0. The SMILES string of the molecule is C=C(C)CC(N)c1ccc2nccnc2c1. The van der Waals surface area contributed by atoms with Crippen LogP contribution < -0.4 is 5.73 Å². The van der Waals surface area contributed by atoms with Crippen molar-refractivity contribution in [2.75, 3.05) is 0 Å². The molecule has 0 spiro atoms. The molecule has 16 heavy (non-hydrogen) atoms. The Morgan fingerprint density at radius 3 is 2.69 bits per heavy atom. The molecule has 82 valence electrons. The molecule has 1 aromatic carbocycles. The molecule has 0 aliphatic rings. The fraction of sp³-hybridized carbons (Fsp3) is 0.231. The Morgan fingerprint density at radius 2 is 2.00 bits per heavy atom. The van der Waals surface area contributed by atoms with Crippen molar-refractivity contribution in [3.05, 3.63) is 48.3 Å². The van der Waals surface area contributed by atoms with Crippen molar-refractivity contribution in [1.82, 2.24) is 9.97 Å². The van der Waals surface area contributed by atoms with Gasteiger partial charge in [-0.05, 0) is 31.0 Å². The molecule has 2 N–H and O–H groups in total. The molecule has 1 atom stereocenters. The standard InChI is InChI=1S/C13H15N3/c1-9(2)7-11(14)10-3-4-12-13(8-10)16-6-5-15-12/h3-6,8,11H,1,7,14H2,2H3. The lowest BCUT2D eigenvalue weighted by molar-refractivity contribution is 0.718. The summed E-state index contributed by atoms with van der Waals surface area (Å²) in [6.45, 7) is 5.86. The summed E-state index contributed by atoms with van der Waals surface area (Å²) in [5.41, 5.74) is 10.0. The van der Waals surface area contributed by atoms with E-state index in [4.69, 9.17) is 5.73 Å². The van der Waals surface area contributed by atoms with E-state index in [2.05, 4.69) is 16.5 Å². The van der Waals surface area contributed by atoms with Crippen LogP contribution in [0.4, 0.5) is 0 Å². The summed E-state index contributed by atoms with van der Waals surface area (Å²) in [7, 11) is 0. The Morgan fingerprint density at radius 1 is 1.31 bits per heavy atom. The molecule has 1 heterocycles. The Hall–Kier alpha value is -1.74. The van der Waals surface area contributed by atoms with Gasteiger partial charge >= 0.3 is 0 Å². The Kier molecular flexibility index (Phi) is 2.97. The number of fused-ring (bicyclic) bond motifs is 1. The van der Waals surface area contributed by atoms with E-state index in [1.165, 1.54) is 0 Å². The molecule has 0 bridgehead atoms. The molecule has 0 radical (unpaired) electrons. The second-order valence-electron chi connectivity index (χ2n) is 4.07. The third-order valence-electron chi connectivity index (χ3n) is 2.49. The van der Waals surface area contributed by atoms with Crippen molar-refractivity contribution in [2.24, 2.45) is 5.73 Å². The van der Waals surface area contributed by atoms with Crippen LogP contribution >= 0.6 is 0 Å². The predicted molar refractivity (Wildman–Crippen MR) is 65.9 cm³/mol. The topological polar surface area (TPSA) is 51.8 Å². The molecule has 0 amide bonds. The van der Waals surface area contributed by atoms with Crippen LogP contribution in [0.2, 0.25) is 0 Å². The van der Waals surface area contributed by atoms with Crippen LogP contribution in [0.1, 0.15) is 24.9 Å². The summed E-state index contributed by atoms with van der Waals surface area (Å²) in [4.78, 5) is 8.48. The lowest BCUT2D eigenvalue weighted by Gasteiger charge is -2.12. The Balaban J connectivity index is 2.35. The fourth-order valence-corrected chi connectivity index (χ4v) is 1.70. The second-order valence-corrected chi connectivity index (χ2v) is 4.07. The zero-order chi connectivity index (χ0) is 11.5. The maximum atomic E-state index is 6.08. The molecule has 2 aromatic rings. The molecule has 2 rings (SSSR count). The molecular weight excluding hydrogens is 198 g/mol. The number of nitrogens with zero attached hydrogens (tertiary/aromatic N) is 2. The van der Waals surface area contributed by atoms with Gasteiger partial charge in [-0.2, -0.15) is 0 Å². The van der Waals surface area contributed by atoms with E-state index in [-0.39, 0.29) is 6.04 Å². The van der Waals surface area contributed by atoms with Gasteiger partial charge in [-0.25, -0.2) is 0 Å². The van der Waals surface area contributed by atoms with E-state index in [1.807, 2.05) is 25.1 Å². The van der Waals surface area contributed by atoms with Gasteiger partial charge in [0.25, 0.3) is 0 Å². The Labute approximate surface area is 95.0 Å². The van der Waals surface area contributed by atoms with Crippen LogP contribution in [-0.4, -0.2) is 9.97 Å². The van der Waals surface area contributed by atoms with Gasteiger partial charge in [0, 0.05) is 18.4 Å². The lowest BCUT2D eigenvalue weighted by atomic mass is 10.0. The summed E-state index contributed by atoms with van der Waals surface area (Å²) in [5, 5.41) is 0. The minimum Gasteiger partial charge on any atom is -0.324 e. The summed E-state index contributed by atoms with van der Waals surface area (Å²) < 4.78 is 0. The first-order valence-corrected chi connectivity index (χ1v) is 5.27. The van der Waals surface area contributed by atoms with Crippen LogP contribution in [-0.2, 0) is 0 Å². The van der Waals surface area contributed by atoms with E-state index in [0.29, 0.717) is 0 Å². The number of benzene rings is 1. The quantitative estimate of drug-likeness (QED) is 0.797. The van der Waals surface area contributed by atoms with Crippen molar-refractivity contribution in [3.8, 4) is 0 Å². The smallest absolute Gasteiger partial charge is 0.0890 e. The van der Waals surface area contributed by atoms with Crippen LogP contribution in [0.5, 0.6) is 0 Å². The van der Waals surface area contributed by atoms with E-state index in [1.54, 1.807) is 12.4 Å². The normalized spacial score (nSPS) is 12.6. The molecule has 3 heteroatoms. The zero-order valence-corrected chi connectivity index (χ0v) is 9.35. The van der Waals surface area contributed by atoms with Gasteiger partial charge in [0.05, 0.1) is 11.0 Å². The summed E-state index contributed by atoms with van der Waals surface area (Å²) in [6, 6.07) is 5.94. The maximum absolute atomic E-state index is 6.08. The first kappa shape index (κ1) is 10.8. The van der Waals surface area contributed by atoms with Gasteiger partial charge in [-0.1, -0.05) is 11.6 Å². The average Bonchev–Trinajstić information content (AvgIpc) is 2.27. The third kappa shape index (κ3) is 2.25. The van der Waals surface area contributed by atoms with Gasteiger partial charge in [0.15, 0.2) is 0 Å². The van der Waals surface area contributed by atoms with Crippen molar-refractivity contribution < 1.29 is 0 Å². The highest BCUT2D eigenvalue weighted by Gasteiger charge is 2.07. The second kappa shape index (κ2) is 4.41. The average molecular weight is 213 g/mol. The Bertz CT molecular complexity index is 519. The number of rotatable bonds is 3. The molecule has 1 unspecified atom stereocenters. The van der Waals surface area contributed by atoms with E-state index >= 15 is 0 Å². The molecule has 0 saturated heterocycles. The van der Waals surface area contributed by atoms with Crippen molar-refractivity contribution >= 4 is 11.0 Å². The summed E-state index contributed by atoms with van der Waals surface area (Å²) in [6.07, 6.45) is 4.18. The highest BCUT2D eigenvalue weighted by Crippen LogP contribution is 2.20. The highest BCUT2D eigenvalue weighted by atomic mass is 14.8. The monoisotopic (exact) mass is 213 g/mol. The fourth-order valence-electron chi connectivity index (χ4n) is 1.70. The number of hydrogen-bond acceptors (Lipinski definition) is 3. The number of hydrogen-bond donors (Lipinski definition) is 1. The first-order chi connectivity index (χ1) is 7.66. The van der Waals surface area contributed by atoms with Gasteiger partial charge in [0.1, 0.15) is 0 Å². The van der Waals surface area contributed by atoms with E-state index in [9.17, 15) is 0 Å². The first-order valence-electron chi connectivity index (χ1n) is 5.27. The van der Waals surface area contributed by atoms with Crippen LogP contribution in [0.25, 0.3) is 11.0 Å². The molecule has 0 saturated carbocycles. The van der Waals surface area contributed by atoms with Gasteiger partial charge in [-0.15, -0.1) is 6.58 Å². The minimum absolute atomic E-state index is 0.0103. The zero-order valence-electron chi connectivity index (χ0n) is 9.35. The minimum atomic E-state index is -0.0103. The predicted octanol–water partition coefficient (Wildman–Crippen LogP) is 2.60. The highest BCUT2D eigenvalue weighted by molar-refractivity contribution is 5.74. The van der Waals surface area contributed by atoms with Crippen LogP contribution in [0.15, 0.2) is 42.7 Å². The van der Waals surface area contributed by atoms with Crippen molar-refractivity contribution in [1.29, 1.82) is 0 Å². The van der Waals surface area contributed by atoms with E-state index < -0.39 is 0 Å². The largest absolute Gasteiger partial charge is 0.324 e. The van der Waals surface area contributed by atoms with Gasteiger partial charge < -0.3 is 5.73 Å². The molecular formula is C13H15N3. The summed E-state index contributed by atoms with van der Waals surface area (Å²) >= 11 is 0. The molecule has 0 aliphatic heterocycles. The molecule has 0 fully saturated rings. The molecule has 0 aliphatic carbocycles. The van der Waals surface area contributed by atoms with Crippen LogP contribution in [0, 0.1) is 0 Å². The van der Waals surface area contributed by atoms with Crippen molar-refractivity contribution in [3.63, 3.8) is 0 Å². The molecule has 3 nitrogen and oxygen atoms in total. The maximum Gasteiger partial charge on any atom is 0.0890 e. The van der Waals surface area contributed by atoms with Crippen LogP contribution in [0.3, 0.4) is 0 Å². The van der Waals surface area contributed by atoms with Gasteiger partial charge in [-0.3, -0.25) is 9.97 Å². The number of nitrogens with two attached hydrogens (primary N) is 1. The van der Waals surface area contributed by atoms with E-state index in [0.717, 1.165) is 28.6 Å². The third-order valence-corrected chi connectivity index (χ3v) is 2.49. The van der Waals surface area contributed by atoms with Gasteiger partial charge in [0.2, 0.25) is 0 Å². The lowest BCUT2D eigenvalue weighted by Crippen LogP contribution is -2.10. The number of aromatic nitrogens is 2. The van der Waals surface area contributed by atoms with Crippen molar-refractivity contribution in [2.45, 2.75) is 19.4 Å². The molecule has 1 aromatic heterocycles.